The lowest BCUT2D eigenvalue weighted by molar-refractivity contribution is -0.127. The van der Waals surface area contributed by atoms with E-state index in [1.54, 1.807) is 18.2 Å². The minimum absolute atomic E-state index is 0.193. The molecule has 1 atom stereocenters. The van der Waals surface area contributed by atoms with Crippen LogP contribution in [0.4, 0.5) is 16.3 Å². The molecule has 52 heavy (non-hydrogen) atoms. The standard InChI is InChI=1S/C39H50N8O5/c1-39(2,3)52-38(51)42-24-25-8-10-27(11-9-25)37(50)47(30-12-13-31-32(23-30)43-44-36(31)49)33(35(40)48)21-26-6-5-7-28(20-26)29-14-15-41-34(22-29)46-18-16-45(4)17-19-46/h5-7,12-15,20,22-23,25,27,33H,8-11,16-19,21,24H2,1-4H3,(H2,40,48)(H,42,51)(H2,43,44,49)/t25-,27-,33-/m0/s1. The Balaban J connectivity index is 1.23. The number of nitrogens with two attached hydrogens (primary N) is 1. The van der Waals surface area contributed by atoms with Crippen LogP contribution in [0.15, 0.2) is 65.6 Å². The van der Waals surface area contributed by atoms with Crippen LogP contribution in [0.25, 0.3) is 22.0 Å². The molecule has 5 N–H and O–H groups in total. The second kappa shape index (κ2) is 15.6. The number of hydrogen-bond acceptors (Lipinski definition) is 8. The molecule has 0 radical (unpaired) electrons. The number of primary amides is 1. The molecule has 2 fully saturated rings. The molecule has 3 heterocycles. The number of piperazine rings is 1. The minimum Gasteiger partial charge on any atom is -0.444 e. The number of nitrogens with one attached hydrogen (secondary N) is 3. The largest absolute Gasteiger partial charge is 0.444 e. The molecule has 13 nitrogen and oxygen atoms in total. The predicted octanol–water partition coefficient (Wildman–Crippen LogP) is 4.43. The summed E-state index contributed by atoms with van der Waals surface area (Å²) in [6, 6.07) is 16.1. The molecule has 2 aliphatic rings. The first-order valence-corrected chi connectivity index (χ1v) is 18.1. The number of carbonyl (C=O) groups is 3. The molecular formula is C39H50N8O5. The van der Waals surface area contributed by atoms with Crippen molar-refractivity contribution >= 4 is 40.3 Å². The summed E-state index contributed by atoms with van der Waals surface area (Å²) < 4.78 is 5.38. The Kier molecular flexibility index (Phi) is 11.0. The van der Waals surface area contributed by atoms with Gasteiger partial charge in [-0.1, -0.05) is 24.3 Å². The van der Waals surface area contributed by atoms with E-state index in [0.717, 1.165) is 61.5 Å². The van der Waals surface area contributed by atoms with Crippen molar-refractivity contribution in [3.8, 4) is 11.1 Å². The molecule has 3 amide bonds. The summed E-state index contributed by atoms with van der Waals surface area (Å²) in [6.45, 7) is 9.70. The number of benzene rings is 2. The lowest BCUT2D eigenvalue weighted by Gasteiger charge is -2.36. The summed E-state index contributed by atoms with van der Waals surface area (Å²) in [5.74, 6) is -0.0430. The first-order chi connectivity index (χ1) is 24.8. The van der Waals surface area contributed by atoms with Crippen molar-refractivity contribution in [2.75, 3.05) is 49.6 Å². The van der Waals surface area contributed by atoms with Crippen molar-refractivity contribution < 1.29 is 19.1 Å². The summed E-state index contributed by atoms with van der Waals surface area (Å²) in [7, 11) is 2.12. The van der Waals surface area contributed by atoms with Crippen LogP contribution in [0.2, 0.25) is 0 Å². The lowest BCUT2D eigenvalue weighted by Crippen LogP contribution is -2.52. The van der Waals surface area contributed by atoms with Gasteiger partial charge in [0.15, 0.2) is 0 Å². The van der Waals surface area contributed by atoms with E-state index >= 15 is 0 Å². The second-order valence-electron chi connectivity index (χ2n) is 15.1. The number of aromatic amines is 2. The number of pyridine rings is 1. The van der Waals surface area contributed by atoms with Crippen molar-refractivity contribution in [2.45, 2.75) is 64.5 Å². The van der Waals surface area contributed by atoms with Crippen molar-refractivity contribution in [1.82, 2.24) is 25.4 Å². The maximum atomic E-state index is 14.5. The van der Waals surface area contributed by atoms with E-state index in [0.29, 0.717) is 36.0 Å². The third-order valence-corrected chi connectivity index (χ3v) is 10.1. The molecule has 0 spiro atoms. The Hall–Kier alpha value is -5.17. The van der Waals surface area contributed by atoms with E-state index in [4.69, 9.17) is 10.5 Å². The zero-order valence-electron chi connectivity index (χ0n) is 30.5. The average molecular weight is 711 g/mol. The predicted molar refractivity (Wildman–Crippen MR) is 202 cm³/mol. The Morgan fingerprint density at radius 3 is 2.42 bits per heavy atom. The smallest absolute Gasteiger partial charge is 0.407 e. The van der Waals surface area contributed by atoms with Gasteiger partial charge in [-0.05, 0) is 106 Å². The van der Waals surface area contributed by atoms with Gasteiger partial charge in [0.2, 0.25) is 11.8 Å². The Morgan fingerprint density at radius 2 is 1.71 bits per heavy atom. The number of carbonyl (C=O) groups excluding carboxylic acids is 3. The number of hydrogen-bond donors (Lipinski definition) is 4. The van der Waals surface area contributed by atoms with E-state index in [9.17, 15) is 19.2 Å². The van der Waals surface area contributed by atoms with Gasteiger partial charge in [0, 0.05) is 56.9 Å². The first kappa shape index (κ1) is 36.6. The fourth-order valence-electron chi connectivity index (χ4n) is 7.21. The number of fused-ring (bicyclic) bond motifs is 1. The summed E-state index contributed by atoms with van der Waals surface area (Å²) in [5.41, 5.74) is 9.12. The summed E-state index contributed by atoms with van der Waals surface area (Å²) in [5, 5.41) is 8.77. The lowest BCUT2D eigenvalue weighted by atomic mass is 9.81. The van der Waals surface area contributed by atoms with Crippen LogP contribution in [-0.2, 0) is 20.7 Å². The molecule has 1 aliphatic carbocycles. The highest BCUT2D eigenvalue weighted by atomic mass is 16.6. The van der Waals surface area contributed by atoms with Crippen LogP contribution >= 0.6 is 0 Å². The number of alkyl carbamates (subject to hydrolysis) is 1. The van der Waals surface area contributed by atoms with E-state index in [2.05, 4.69) is 43.4 Å². The number of ether oxygens (including phenoxy) is 1. The normalized spacial score (nSPS) is 18.9. The summed E-state index contributed by atoms with van der Waals surface area (Å²) in [4.78, 5) is 63.2. The quantitative estimate of drug-likeness (QED) is 0.187. The van der Waals surface area contributed by atoms with Gasteiger partial charge in [-0.15, -0.1) is 0 Å². The number of nitrogens with zero attached hydrogens (tertiary/aromatic N) is 4. The average Bonchev–Trinajstić information content (AvgIpc) is 3.50. The van der Waals surface area contributed by atoms with E-state index in [1.807, 2.05) is 57.3 Å². The second-order valence-corrected chi connectivity index (χ2v) is 15.1. The molecule has 13 heteroatoms. The molecule has 4 aromatic rings. The third-order valence-electron chi connectivity index (χ3n) is 10.1. The van der Waals surface area contributed by atoms with Gasteiger partial charge in [-0.2, -0.15) is 0 Å². The number of amides is 3. The Labute approximate surface area is 303 Å². The molecular weight excluding hydrogens is 660 g/mol. The minimum atomic E-state index is -0.990. The topological polar surface area (TPSA) is 170 Å². The van der Waals surface area contributed by atoms with Gasteiger partial charge < -0.3 is 25.6 Å². The van der Waals surface area contributed by atoms with E-state index in [-0.39, 0.29) is 29.7 Å². The van der Waals surface area contributed by atoms with Crippen LogP contribution in [0.5, 0.6) is 0 Å². The fourth-order valence-corrected chi connectivity index (χ4v) is 7.21. The molecule has 1 saturated carbocycles. The zero-order chi connectivity index (χ0) is 37.0. The third kappa shape index (κ3) is 8.82. The van der Waals surface area contributed by atoms with Gasteiger partial charge in [-0.3, -0.25) is 29.5 Å². The van der Waals surface area contributed by atoms with Crippen molar-refractivity contribution in [2.24, 2.45) is 17.6 Å². The molecule has 6 rings (SSSR count). The van der Waals surface area contributed by atoms with Crippen LogP contribution in [-0.4, -0.2) is 89.4 Å². The number of rotatable bonds is 10. The van der Waals surface area contributed by atoms with Crippen molar-refractivity contribution in [3.63, 3.8) is 0 Å². The van der Waals surface area contributed by atoms with Gasteiger partial charge in [0.05, 0.1) is 10.9 Å². The summed E-state index contributed by atoms with van der Waals surface area (Å²) in [6.07, 6.45) is 4.22. The molecule has 276 valence electrons. The van der Waals surface area contributed by atoms with E-state index in [1.165, 1.54) is 4.90 Å². The van der Waals surface area contributed by atoms with E-state index < -0.39 is 23.6 Å². The monoisotopic (exact) mass is 710 g/mol. The number of aromatic nitrogens is 3. The molecule has 1 saturated heterocycles. The molecule has 0 unspecified atom stereocenters. The van der Waals surface area contributed by atoms with Gasteiger partial charge >= 0.3 is 6.09 Å². The van der Waals surface area contributed by atoms with Crippen LogP contribution in [0, 0.1) is 11.8 Å². The Morgan fingerprint density at radius 1 is 0.981 bits per heavy atom. The highest BCUT2D eigenvalue weighted by Gasteiger charge is 2.36. The van der Waals surface area contributed by atoms with Crippen molar-refractivity contribution in [3.05, 3.63) is 76.7 Å². The molecule has 1 aliphatic heterocycles. The maximum absolute atomic E-state index is 14.5. The SMILES string of the molecule is CN1CCN(c2cc(-c3cccc(C[C@@H](C(N)=O)N(c4ccc5c(=O)[nH][nH]c5c4)C(=O)[C@H]4CC[C@H](CNC(=O)OC(C)(C)C)CC4)c3)ccn2)CC1. The first-order valence-electron chi connectivity index (χ1n) is 18.1. The molecule has 2 aromatic heterocycles. The number of H-pyrrole nitrogens is 2. The maximum Gasteiger partial charge on any atom is 0.407 e. The van der Waals surface area contributed by atoms with Gasteiger partial charge in [-0.25, -0.2) is 9.78 Å². The number of likely N-dealkylation sites (N-methyl/N-ethyl adjacent to an activating group) is 1. The van der Waals surface area contributed by atoms with Crippen LogP contribution < -0.4 is 26.4 Å². The molecule has 2 aromatic carbocycles. The summed E-state index contributed by atoms with van der Waals surface area (Å²) >= 11 is 0. The van der Waals surface area contributed by atoms with Crippen LogP contribution in [0.3, 0.4) is 0 Å². The van der Waals surface area contributed by atoms with Crippen LogP contribution in [0.1, 0.15) is 52.0 Å². The zero-order valence-corrected chi connectivity index (χ0v) is 30.5. The number of anilines is 2. The Bertz CT molecular complexity index is 1950. The van der Waals surface area contributed by atoms with Gasteiger partial charge in [0.1, 0.15) is 17.5 Å². The molecule has 0 bridgehead atoms. The van der Waals surface area contributed by atoms with Crippen molar-refractivity contribution in [1.29, 1.82) is 0 Å². The highest BCUT2D eigenvalue weighted by Crippen LogP contribution is 2.34. The van der Waals surface area contributed by atoms with Gasteiger partial charge in [0.25, 0.3) is 5.56 Å². The fraction of sp³-hybridized carbons (Fsp3) is 0.462. The highest BCUT2D eigenvalue weighted by molar-refractivity contribution is 6.03.